The van der Waals surface area contributed by atoms with Crippen molar-refractivity contribution in [1.29, 1.82) is 10.5 Å². The SMILES string of the molecule is CCc1c(C#N)c(SCc2ccc(N(C)S(C)(=O)=O)cc2)nc(N2CCOC(CN(CC)CC)C2)c1C#N. The van der Waals surface area contributed by atoms with Crippen molar-refractivity contribution in [3.8, 4) is 12.1 Å². The van der Waals surface area contributed by atoms with Crippen molar-refractivity contribution in [2.24, 2.45) is 0 Å². The van der Waals surface area contributed by atoms with E-state index in [1.54, 1.807) is 12.1 Å². The molecule has 1 unspecified atom stereocenters. The molecule has 2 heterocycles. The molecule has 0 amide bonds. The first-order valence-electron chi connectivity index (χ1n) is 12.8. The van der Waals surface area contributed by atoms with Gasteiger partial charge in [-0.2, -0.15) is 10.5 Å². The largest absolute Gasteiger partial charge is 0.373 e. The van der Waals surface area contributed by atoms with E-state index in [9.17, 15) is 18.9 Å². The Morgan fingerprint density at radius 1 is 1.13 bits per heavy atom. The number of nitrogens with zero attached hydrogens (tertiary/aromatic N) is 6. The minimum absolute atomic E-state index is 0.0115. The van der Waals surface area contributed by atoms with Gasteiger partial charge in [-0.25, -0.2) is 13.4 Å². The second-order valence-electron chi connectivity index (χ2n) is 9.16. The molecule has 1 aliphatic heterocycles. The number of benzene rings is 1. The summed E-state index contributed by atoms with van der Waals surface area (Å²) < 4.78 is 30.9. The molecule has 1 aromatic heterocycles. The molecular weight excluding hydrogens is 520 g/mol. The lowest BCUT2D eigenvalue weighted by molar-refractivity contribution is 0.0174. The minimum Gasteiger partial charge on any atom is -0.373 e. The van der Waals surface area contributed by atoms with Gasteiger partial charge in [-0.05, 0) is 42.8 Å². The van der Waals surface area contributed by atoms with E-state index in [1.807, 2.05) is 19.1 Å². The number of hydrogen-bond donors (Lipinski definition) is 0. The summed E-state index contributed by atoms with van der Waals surface area (Å²) in [6.07, 6.45) is 1.73. The van der Waals surface area contributed by atoms with E-state index in [0.29, 0.717) is 59.5 Å². The van der Waals surface area contributed by atoms with Crippen molar-refractivity contribution in [3.05, 3.63) is 46.5 Å². The van der Waals surface area contributed by atoms with Crippen LogP contribution in [0.3, 0.4) is 0 Å². The number of hydrogen-bond acceptors (Lipinski definition) is 9. The van der Waals surface area contributed by atoms with Crippen LogP contribution < -0.4 is 9.21 Å². The summed E-state index contributed by atoms with van der Waals surface area (Å²) >= 11 is 1.45. The first-order chi connectivity index (χ1) is 18.2. The lowest BCUT2D eigenvalue weighted by atomic mass is 10.0. The lowest BCUT2D eigenvalue weighted by Gasteiger charge is -2.36. The molecule has 38 heavy (non-hydrogen) atoms. The van der Waals surface area contributed by atoms with Gasteiger partial charge in [0.25, 0.3) is 0 Å². The lowest BCUT2D eigenvalue weighted by Crippen LogP contribution is -2.48. The number of pyridine rings is 1. The Balaban J connectivity index is 1.89. The molecular formula is C27H36N6O3S2. The van der Waals surface area contributed by atoms with Crippen LogP contribution in [0, 0.1) is 22.7 Å². The van der Waals surface area contributed by atoms with Gasteiger partial charge < -0.3 is 14.5 Å². The Labute approximate surface area is 231 Å². The standard InChI is InChI=1S/C27H36N6O3S2/c1-6-23-24(15-28)26(33-13-14-36-22(18-33)17-32(7-2)8-3)30-27(25(23)16-29)37-19-20-9-11-21(12-10-20)31(4)38(5,34)35/h9-12,22H,6-8,13-14,17-19H2,1-5H3. The summed E-state index contributed by atoms with van der Waals surface area (Å²) in [4.78, 5) is 9.32. The first kappa shape index (κ1) is 29.7. The number of anilines is 2. The molecule has 11 heteroatoms. The van der Waals surface area contributed by atoms with Crippen LogP contribution in [0.1, 0.15) is 43.0 Å². The number of morpholine rings is 1. The van der Waals surface area contributed by atoms with Crippen molar-refractivity contribution >= 4 is 33.3 Å². The Bertz CT molecular complexity index is 1300. The van der Waals surface area contributed by atoms with Gasteiger partial charge in [0.2, 0.25) is 10.0 Å². The van der Waals surface area contributed by atoms with Crippen LogP contribution in [-0.2, 0) is 26.9 Å². The van der Waals surface area contributed by atoms with E-state index in [2.05, 4.69) is 35.8 Å². The van der Waals surface area contributed by atoms with Crippen LogP contribution in [-0.4, -0.2) is 77.0 Å². The number of ether oxygens (including phenoxy) is 1. The van der Waals surface area contributed by atoms with Crippen molar-refractivity contribution in [2.75, 3.05) is 61.8 Å². The van der Waals surface area contributed by atoms with Crippen molar-refractivity contribution in [2.45, 2.75) is 44.1 Å². The van der Waals surface area contributed by atoms with Gasteiger partial charge in [-0.1, -0.05) is 32.9 Å². The fraction of sp³-hybridized carbons (Fsp3) is 0.519. The Morgan fingerprint density at radius 2 is 1.79 bits per heavy atom. The molecule has 3 rings (SSSR count). The minimum atomic E-state index is -3.34. The maximum Gasteiger partial charge on any atom is 0.231 e. The van der Waals surface area contributed by atoms with Crippen LogP contribution in [0.4, 0.5) is 11.5 Å². The second kappa shape index (κ2) is 13.3. The number of rotatable bonds is 11. The monoisotopic (exact) mass is 556 g/mol. The van der Waals surface area contributed by atoms with Crippen LogP contribution in [0.5, 0.6) is 0 Å². The van der Waals surface area contributed by atoms with Gasteiger partial charge in [-0.3, -0.25) is 4.31 Å². The van der Waals surface area contributed by atoms with E-state index >= 15 is 0 Å². The number of thioether (sulfide) groups is 1. The maximum absolute atomic E-state index is 11.8. The van der Waals surface area contributed by atoms with Gasteiger partial charge in [0.15, 0.2) is 0 Å². The van der Waals surface area contributed by atoms with E-state index in [4.69, 9.17) is 9.72 Å². The normalized spacial score (nSPS) is 15.8. The molecule has 2 aromatic rings. The third-order valence-electron chi connectivity index (χ3n) is 6.79. The summed E-state index contributed by atoms with van der Waals surface area (Å²) in [5.74, 6) is 1.16. The topological polar surface area (TPSA) is 114 Å². The molecule has 0 bridgehead atoms. The zero-order valence-corrected chi connectivity index (χ0v) is 24.4. The summed E-state index contributed by atoms with van der Waals surface area (Å²) in [5.41, 5.74) is 3.18. The molecule has 1 aliphatic rings. The predicted molar refractivity (Wildman–Crippen MR) is 152 cm³/mol. The van der Waals surface area contributed by atoms with Gasteiger partial charge >= 0.3 is 0 Å². The Kier molecular flexibility index (Phi) is 10.4. The van der Waals surface area contributed by atoms with Gasteiger partial charge in [0.05, 0.1) is 35.8 Å². The number of aromatic nitrogens is 1. The van der Waals surface area contributed by atoms with E-state index in [0.717, 1.165) is 30.8 Å². The molecule has 0 saturated carbocycles. The summed E-state index contributed by atoms with van der Waals surface area (Å²) in [6.45, 7) is 10.7. The van der Waals surface area contributed by atoms with Gasteiger partial charge in [0, 0.05) is 32.4 Å². The quantitative estimate of drug-likeness (QED) is 0.383. The van der Waals surface area contributed by atoms with Crippen molar-refractivity contribution in [1.82, 2.24) is 9.88 Å². The zero-order valence-electron chi connectivity index (χ0n) is 22.8. The number of sulfonamides is 1. The van der Waals surface area contributed by atoms with Gasteiger partial charge in [-0.15, -0.1) is 11.8 Å². The molecule has 0 spiro atoms. The molecule has 1 atom stereocenters. The first-order valence-corrected chi connectivity index (χ1v) is 15.6. The molecule has 0 N–H and O–H groups in total. The van der Waals surface area contributed by atoms with E-state index in [1.165, 1.54) is 29.4 Å². The van der Waals surface area contributed by atoms with Crippen molar-refractivity contribution in [3.63, 3.8) is 0 Å². The Hall–Kier alpha value is -2.83. The van der Waals surface area contributed by atoms with E-state index < -0.39 is 10.0 Å². The molecule has 1 aromatic carbocycles. The summed E-state index contributed by atoms with van der Waals surface area (Å²) in [6, 6.07) is 11.9. The van der Waals surface area contributed by atoms with Crippen LogP contribution in [0.15, 0.2) is 29.3 Å². The third kappa shape index (κ3) is 6.97. The van der Waals surface area contributed by atoms with Crippen molar-refractivity contribution < 1.29 is 13.2 Å². The molecule has 0 radical (unpaired) electrons. The smallest absolute Gasteiger partial charge is 0.231 e. The predicted octanol–water partition coefficient (Wildman–Crippen LogP) is 3.62. The Morgan fingerprint density at radius 3 is 2.34 bits per heavy atom. The van der Waals surface area contributed by atoms with Crippen LogP contribution >= 0.6 is 11.8 Å². The third-order valence-corrected chi connectivity index (χ3v) is 9.05. The highest BCUT2D eigenvalue weighted by Gasteiger charge is 2.28. The fourth-order valence-electron chi connectivity index (χ4n) is 4.45. The zero-order chi connectivity index (χ0) is 27.9. The second-order valence-corrected chi connectivity index (χ2v) is 12.1. The molecule has 1 saturated heterocycles. The van der Waals surface area contributed by atoms with Crippen LogP contribution in [0.2, 0.25) is 0 Å². The average molecular weight is 557 g/mol. The molecule has 9 nitrogen and oxygen atoms in total. The molecule has 0 aliphatic carbocycles. The van der Waals surface area contributed by atoms with Crippen LogP contribution in [0.25, 0.3) is 0 Å². The maximum atomic E-state index is 11.8. The van der Waals surface area contributed by atoms with E-state index in [-0.39, 0.29) is 6.10 Å². The highest BCUT2D eigenvalue weighted by Crippen LogP contribution is 2.34. The summed E-state index contributed by atoms with van der Waals surface area (Å²) in [7, 11) is -1.82. The molecule has 1 fully saturated rings. The van der Waals surface area contributed by atoms with Gasteiger partial charge in [0.1, 0.15) is 23.0 Å². The number of nitriles is 2. The summed E-state index contributed by atoms with van der Waals surface area (Å²) in [5, 5.41) is 20.7. The molecule has 204 valence electrons. The number of likely N-dealkylation sites (N-methyl/N-ethyl adjacent to an activating group) is 1. The highest BCUT2D eigenvalue weighted by molar-refractivity contribution is 7.98. The fourth-order valence-corrected chi connectivity index (χ4v) is 5.92. The average Bonchev–Trinajstić information content (AvgIpc) is 2.93. The highest BCUT2D eigenvalue weighted by atomic mass is 32.2.